The molecule has 0 aromatic carbocycles. The van der Waals surface area contributed by atoms with Gasteiger partial charge in [0.05, 0.1) is 6.61 Å². The van der Waals surface area contributed by atoms with Crippen LogP contribution in [-0.2, 0) is 9.53 Å². The van der Waals surface area contributed by atoms with E-state index in [1.165, 1.54) is 0 Å². The van der Waals surface area contributed by atoms with Crippen LogP contribution in [0.1, 0.15) is 34.1 Å². The second kappa shape index (κ2) is 12.3. The number of carbonyl (C=O) groups excluding carboxylic acids is 1. The molecule has 0 saturated carbocycles. The summed E-state index contributed by atoms with van der Waals surface area (Å²) in [6.07, 6.45) is -0.774. The van der Waals surface area contributed by atoms with Crippen molar-refractivity contribution < 1.29 is 24.9 Å². The highest BCUT2D eigenvalue weighted by atomic mass is 16.5. The molecule has 116 valence electrons. The lowest BCUT2D eigenvalue weighted by molar-refractivity contribution is -0.137. The summed E-state index contributed by atoms with van der Waals surface area (Å²) in [5.41, 5.74) is -0.844. The number of hydrogen-bond acceptors (Lipinski definition) is 5. The zero-order valence-corrected chi connectivity index (χ0v) is 12.5. The van der Waals surface area contributed by atoms with Crippen molar-refractivity contribution in [3.8, 4) is 0 Å². The molecule has 6 heteroatoms. The summed E-state index contributed by atoms with van der Waals surface area (Å²) in [5.74, 6) is -0.516. The first-order valence-corrected chi connectivity index (χ1v) is 6.62. The van der Waals surface area contributed by atoms with Crippen LogP contribution < -0.4 is 5.32 Å². The van der Waals surface area contributed by atoms with Gasteiger partial charge in [-0.25, -0.2) is 0 Å². The highest BCUT2D eigenvalue weighted by Crippen LogP contribution is 2.19. The van der Waals surface area contributed by atoms with Gasteiger partial charge in [-0.2, -0.15) is 0 Å². The van der Waals surface area contributed by atoms with E-state index in [1.54, 1.807) is 13.8 Å². The molecule has 1 amide bonds. The predicted molar refractivity (Wildman–Crippen MR) is 73.8 cm³/mol. The number of rotatable bonds is 8. The van der Waals surface area contributed by atoms with Crippen molar-refractivity contribution >= 4 is 5.91 Å². The Morgan fingerprint density at radius 3 is 2.11 bits per heavy atom. The van der Waals surface area contributed by atoms with Gasteiger partial charge in [-0.05, 0) is 20.3 Å². The van der Waals surface area contributed by atoms with Crippen molar-refractivity contribution in [2.45, 2.75) is 40.2 Å². The quantitative estimate of drug-likeness (QED) is 0.465. The summed E-state index contributed by atoms with van der Waals surface area (Å²) in [5, 5.41) is 29.3. The Morgan fingerprint density at radius 2 is 1.79 bits per heavy atom. The molecule has 0 aliphatic carbocycles. The largest absolute Gasteiger partial charge is 0.396 e. The van der Waals surface area contributed by atoms with Gasteiger partial charge in [-0.3, -0.25) is 4.79 Å². The van der Waals surface area contributed by atoms with Gasteiger partial charge in [0.15, 0.2) is 0 Å². The first kappa shape index (κ1) is 20.6. The topological polar surface area (TPSA) is 99.0 Å². The Hall–Kier alpha value is -0.690. The van der Waals surface area contributed by atoms with Gasteiger partial charge in [0.2, 0.25) is 5.91 Å². The third-order valence-corrected chi connectivity index (χ3v) is 2.44. The second-order valence-corrected chi connectivity index (χ2v) is 4.70. The van der Waals surface area contributed by atoms with Crippen LogP contribution in [-0.4, -0.2) is 60.3 Å². The van der Waals surface area contributed by atoms with Gasteiger partial charge in [0, 0.05) is 31.8 Å². The van der Waals surface area contributed by atoms with Crippen LogP contribution >= 0.6 is 0 Å². The fraction of sp³-hybridized carbons (Fsp3) is 0.923. The van der Waals surface area contributed by atoms with Crippen molar-refractivity contribution in [3.63, 3.8) is 0 Å². The van der Waals surface area contributed by atoms with Gasteiger partial charge in [0.25, 0.3) is 0 Å². The number of aliphatic hydroxyl groups excluding tert-OH is 3. The van der Waals surface area contributed by atoms with Crippen molar-refractivity contribution in [2.75, 3.05) is 33.0 Å². The molecule has 0 fully saturated rings. The van der Waals surface area contributed by atoms with E-state index in [4.69, 9.17) is 14.9 Å². The van der Waals surface area contributed by atoms with E-state index in [0.717, 1.165) is 13.2 Å². The standard InChI is InChI=1S/C9H19NO4.C4H10O/c1-9(2,6-12)7(13)8(14)10-4-3-5-11;1-3-5-4-2/h7,11-13H,3-6H2,1-2H3,(H,10,14);3-4H2,1-2H3/t7-;/m0./s1. The molecule has 0 bridgehead atoms. The van der Waals surface area contributed by atoms with Crippen molar-refractivity contribution in [1.29, 1.82) is 0 Å². The Labute approximate surface area is 115 Å². The molecular formula is C13H29NO5. The average Bonchev–Trinajstić information content (AvgIpc) is 2.39. The Morgan fingerprint density at radius 1 is 1.26 bits per heavy atom. The molecule has 0 aliphatic heterocycles. The molecule has 19 heavy (non-hydrogen) atoms. The number of nitrogens with one attached hydrogen (secondary N) is 1. The molecule has 0 unspecified atom stereocenters. The third kappa shape index (κ3) is 10.9. The van der Waals surface area contributed by atoms with Crippen molar-refractivity contribution in [2.24, 2.45) is 5.41 Å². The molecule has 0 spiro atoms. The lowest BCUT2D eigenvalue weighted by Gasteiger charge is -2.27. The zero-order chi connectivity index (χ0) is 15.3. The molecule has 0 saturated heterocycles. The first-order chi connectivity index (χ1) is 8.87. The first-order valence-electron chi connectivity index (χ1n) is 6.62. The molecule has 0 aromatic rings. The lowest BCUT2D eigenvalue weighted by atomic mass is 9.87. The van der Waals surface area contributed by atoms with E-state index in [1.807, 2.05) is 13.8 Å². The monoisotopic (exact) mass is 279 g/mol. The van der Waals surface area contributed by atoms with Crippen LogP contribution in [0.25, 0.3) is 0 Å². The molecule has 0 heterocycles. The minimum absolute atomic E-state index is 0.000230. The molecular weight excluding hydrogens is 250 g/mol. The summed E-state index contributed by atoms with van der Waals surface area (Å²) in [4.78, 5) is 11.3. The van der Waals surface area contributed by atoms with Gasteiger partial charge < -0.3 is 25.4 Å². The number of hydrogen-bond donors (Lipinski definition) is 4. The van der Waals surface area contributed by atoms with Crippen LogP contribution in [0.4, 0.5) is 0 Å². The van der Waals surface area contributed by atoms with Crippen molar-refractivity contribution in [3.05, 3.63) is 0 Å². The summed E-state index contributed by atoms with van der Waals surface area (Å²) >= 11 is 0. The van der Waals surface area contributed by atoms with Crippen LogP contribution in [0.5, 0.6) is 0 Å². The highest BCUT2D eigenvalue weighted by Gasteiger charge is 2.32. The maximum atomic E-state index is 11.3. The maximum absolute atomic E-state index is 11.3. The van der Waals surface area contributed by atoms with Crippen LogP contribution in [0, 0.1) is 5.41 Å². The van der Waals surface area contributed by atoms with Gasteiger partial charge >= 0.3 is 0 Å². The lowest BCUT2D eigenvalue weighted by Crippen LogP contribution is -2.45. The van der Waals surface area contributed by atoms with Gasteiger partial charge in [-0.15, -0.1) is 0 Å². The van der Waals surface area contributed by atoms with E-state index < -0.39 is 17.4 Å². The number of ether oxygens (including phenoxy) is 1. The SMILES string of the molecule is CC(C)(CO)[C@@H](O)C(=O)NCCCO.CCOCC. The minimum Gasteiger partial charge on any atom is -0.396 e. The average molecular weight is 279 g/mol. The molecule has 0 rings (SSSR count). The number of carbonyl (C=O) groups is 1. The summed E-state index contributed by atoms with van der Waals surface area (Å²) < 4.78 is 4.83. The smallest absolute Gasteiger partial charge is 0.249 e. The Kier molecular flexibility index (Phi) is 13.4. The fourth-order valence-electron chi connectivity index (χ4n) is 1.03. The summed E-state index contributed by atoms with van der Waals surface area (Å²) in [7, 11) is 0. The zero-order valence-electron chi connectivity index (χ0n) is 12.5. The van der Waals surface area contributed by atoms with Crippen LogP contribution in [0.15, 0.2) is 0 Å². The molecule has 6 nitrogen and oxygen atoms in total. The highest BCUT2D eigenvalue weighted by molar-refractivity contribution is 5.81. The Bertz CT molecular complexity index is 219. The van der Waals surface area contributed by atoms with E-state index in [2.05, 4.69) is 5.32 Å². The van der Waals surface area contributed by atoms with Crippen LogP contribution in [0.2, 0.25) is 0 Å². The van der Waals surface area contributed by atoms with Crippen LogP contribution in [0.3, 0.4) is 0 Å². The number of amides is 1. The molecule has 1 atom stereocenters. The fourth-order valence-corrected chi connectivity index (χ4v) is 1.03. The van der Waals surface area contributed by atoms with Crippen molar-refractivity contribution in [1.82, 2.24) is 5.32 Å². The molecule has 0 aliphatic rings. The third-order valence-electron chi connectivity index (χ3n) is 2.44. The molecule has 0 aromatic heterocycles. The van der Waals surface area contributed by atoms with E-state index in [9.17, 15) is 9.90 Å². The minimum atomic E-state index is -1.23. The van der Waals surface area contributed by atoms with E-state index in [0.29, 0.717) is 13.0 Å². The summed E-state index contributed by atoms with van der Waals surface area (Å²) in [6, 6.07) is 0. The maximum Gasteiger partial charge on any atom is 0.249 e. The molecule has 4 N–H and O–H groups in total. The second-order valence-electron chi connectivity index (χ2n) is 4.70. The van der Waals surface area contributed by atoms with Gasteiger partial charge in [-0.1, -0.05) is 13.8 Å². The van der Waals surface area contributed by atoms with E-state index in [-0.39, 0.29) is 13.2 Å². The summed E-state index contributed by atoms with van der Waals surface area (Å²) in [6.45, 7) is 8.93. The number of aliphatic hydroxyl groups is 3. The molecule has 0 radical (unpaired) electrons. The van der Waals surface area contributed by atoms with E-state index >= 15 is 0 Å². The normalized spacial score (nSPS) is 12.4. The van der Waals surface area contributed by atoms with Gasteiger partial charge in [0.1, 0.15) is 6.10 Å². The predicted octanol–water partition coefficient (Wildman–Crippen LogP) is -0.0928. The Balaban J connectivity index is 0.